The Hall–Kier alpha value is -1.50. The van der Waals surface area contributed by atoms with Gasteiger partial charge in [-0.3, -0.25) is 4.79 Å². The van der Waals surface area contributed by atoms with Crippen LogP contribution in [-0.4, -0.2) is 55.2 Å². The molecule has 18 heavy (non-hydrogen) atoms. The molecule has 0 spiro atoms. The minimum Gasteiger partial charge on any atom is -0.389 e. The van der Waals surface area contributed by atoms with Crippen LogP contribution in [0.25, 0.3) is 0 Å². The molecule has 2 fully saturated rings. The van der Waals surface area contributed by atoms with Gasteiger partial charge in [0.15, 0.2) is 0 Å². The molecule has 3 rings (SSSR count). The number of H-pyrrole nitrogens is 1. The molecule has 2 atom stereocenters. The number of rotatable bonds is 1. The smallest absolute Gasteiger partial charge is 0.295 e. The van der Waals surface area contributed by atoms with Gasteiger partial charge in [0.05, 0.1) is 5.60 Å². The van der Waals surface area contributed by atoms with Crippen molar-refractivity contribution < 1.29 is 9.90 Å². The number of likely N-dealkylation sites (tertiary alicyclic amines) is 1. The molecule has 2 N–H and O–H groups in total. The summed E-state index contributed by atoms with van der Waals surface area (Å²) >= 11 is 0. The number of carbonyl (C=O) groups is 1. The van der Waals surface area contributed by atoms with E-state index >= 15 is 0 Å². The molecule has 7 nitrogen and oxygen atoms in total. The molecule has 1 aromatic heterocycles. The summed E-state index contributed by atoms with van der Waals surface area (Å²) in [6.07, 6.45) is 4.73. The molecule has 0 radical (unpaired) electrons. The number of hydrogen-bond donors (Lipinski definition) is 2. The normalized spacial score (nSPS) is 32.1. The van der Waals surface area contributed by atoms with E-state index < -0.39 is 5.60 Å². The zero-order valence-corrected chi connectivity index (χ0v) is 10.2. The van der Waals surface area contributed by atoms with E-state index in [-0.39, 0.29) is 17.6 Å². The van der Waals surface area contributed by atoms with E-state index in [0.29, 0.717) is 19.5 Å². The molecular weight excluding hydrogens is 234 g/mol. The summed E-state index contributed by atoms with van der Waals surface area (Å²) in [7, 11) is 0. The minimum absolute atomic E-state index is 0.108. The summed E-state index contributed by atoms with van der Waals surface area (Å²) in [4.78, 5) is 13.8. The first-order valence-corrected chi connectivity index (χ1v) is 6.44. The molecular formula is C11H17N5O2. The fourth-order valence-corrected chi connectivity index (χ4v) is 3.15. The second kappa shape index (κ2) is 4.31. The minimum atomic E-state index is -0.563. The number of aliphatic hydroxyl groups is 1. The SMILES string of the molecule is O=C(c1nn[nH]n1)N1CCC2(O)CCCCC2C1. The zero-order chi connectivity index (χ0) is 12.6. The van der Waals surface area contributed by atoms with Crippen molar-refractivity contribution in [1.82, 2.24) is 25.5 Å². The van der Waals surface area contributed by atoms with Crippen molar-refractivity contribution in [1.29, 1.82) is 0 Å². The standard InChI is InChI=1S/C11H17N5O2/c17-10(9-12-14-15-13-9)16-6-5-11(18)4-2-1-3-8(11)7-16/h8,18H,1-7H2,(H,12,13,14,15). The van der Waals surface area contributed by atoms with Gasteiger partial charge in [0, 0.05) is 19.0 Å². The Kier molecular flexibility index (Phi) is 2.77. The number of nitrogens with zero attached hydrogens (tertiary/aromatic N) is 4. The van der Waals surface area contributed by atoms with Crippen LogP contribution < -0.4 is 0 Å². The second-order valence-corrected chi connectivity index (χ2v) is 5.28. The van der Waals surface area contributed by atoms with Gasteiger partial charge in [-0.05, 0) is 24.5 Å². The molecule has 1 aromatic rings. The molecule has 2 unspecified atom stereocenters. The van der Waals surface area contributed by atoms with E-state index in [1.165, 1.54) is 0 Å². The fourth-order valence-electron chi connectivity index (χ4n) is 3.15. The van der Waals surface area contributed by atoms with E-state index in [2.05, 4.69) is 20.6 Å². The van der Waals surface area contributed by atoms with Crippen LogP contribution in [0.5, 0.6) is 0 Å². The van der Waals surface area contributed by atoms with E-state index in [1.54, 1.807) is 4.90 Å². The van der Waals surface area contributed by atoms with E-state index in [1.807, 2.05) is 0 Å². The van der Waals surface area contributed by atoms with Gasteiger partial charge in [-0.1, -0.05) is 12.8 Å². The van der Waals surface area contributed by atoms with Gasteiger partial charge in [0.25, 0.3) is 11.7 Å². The highest BCUT2D eigenvalue weighted by atomic mass is 16.3. The lowest BCUT2D eigenvalue weighted by Crippen LogP contribution is -2.54. The predicted molar refractivity (Wildman–Crippen MR) is 61.6 cm³/mol. The largest absolute Gasteiger partial charge is 0.389 e. The maximum atomic E-state index is 12.1. The Bertz CT molecular complexity index is 435. The van der Waals surface area contributed by atoms with Crippen LogP contribution in [0.3, 0.4) is 0 Å². The van der Waals surface area contributed by atoms with E-state index in [9.17, 15) is 9.90 Å². The Balaban J connectivity index is 1.72. The molecule has 0 aromatic carbocycles. The summed E-state index contributed by atoms with van der Waals surface area (Å²) in [5, 5.41) is 23.6. The summed E-state index contributed by atoms with van der Waals surface area (Å²) < 4.78 is 0. The Morgan fingerprint density at radius 1 is 1.44 bits per heavy atom. The summed E-state index contributed by atoms with van der Waals surface area (Å²) in [6, 6.07) is 0. The van der Waals surface area contributed by atoms with Crippen molar-refractivity contribution in [2.24, 2.45) is 5.92 Å². The van der Waals surface area contributed by atoms with Crippen molar-refractivity contribution in [3.63, 3.8) is 0 Å². The topological polar surface area (TPSA) is 95.0 Å². The Morgan fingerprint density at radius 2 is 2.33 bits per heavy atom. The van der Waals surface area contributed by atoms with Gasteiger partial charge in [-0.2, -0.15) is 5.21 Å². The van der Waals surface area contributed by atoms with E-state index in [0.717, 1.165) is 25.7 Å². The molecule has 1 saturated heterocycles. The van der Waals surface area contributed by atoms with Gasteiger partial charge in [-0.15, -0.1) is 10.2 Å². The van der Waals surface area contributed by atoms with Gasteiger partial charge < -0.3 is 10.0 Å². The molecule has 1 amide bonds. The van der Waals surface area contributed by atoms with Gasteiger partial charge >= 0.3 is 0 Å². The number of hydrogen-bond acceptors (Lipinski definition) is 5. The molecule has 7 heteroatoms. The molecule has 0 bridgehead atoms. The number of fused-ring (bicyclic) bond motifs is 1. The molecule has 1 aliphatic carbocycles. The van der Waals surface area contributed by atoms with Crippen LogP contribution in [-0.2, 0) is 0 Å². The highest BCUT2D eigenvalue weighted by molar-refractivity contribution is 5.90. The molecule has 2 aliphatic rings. The first-order valence-electron chi connectivity index (χ1n) is 6.44. The Morgan fingerprint density at radius 3 is 3.11 bits per heavy atom. The van der Waals surface area contributed by atoms with Crippen LogP contribution >= 0.6 is 0 Å². The van der Waals surface area contributed by atoms with Crippen LogP contribution in [0, 0.1) is 5.92 Å². The predicted octanol–water partition coefficient (Wildman–Crippen LogP) is -0.0331. The molecule has 1 saturated carbocycles. The third kappa shape index (κ3) is 1.88. The lowest BCUT2D eigenvalue weighted by atomic mass is 9.71. The number of piperidine rings is 1. The van der Waals surface area contributed by atoms with Crippen molar-refractivity contribution >= 4 is 5.91 Å². The van der Waals surface area contributed by atoms with Gasteiger partial charge in [0.1, 0.15) is 0 Å². The number of amides is 1. The maximum Gasteiger partial charge on any atom is 0.295 e. The molecule has 98 valence electrons. The lowest BCUT2D eigenvalue weighted by molar-refractivity contribution is -0.0887. The average Bonchev–Trinajstić information content (AvgIpc) is 2.90. The number of tetrazole rings is 1. The first kappa shape index (κ1) is 11.6. The quantitative estimate of drug-likeness (QED) is 0.730. The van der Waals surface area contributed by atoms with Crippen LogP contribution in [0.4, 0.5) is 0 Å². The lowest BCUT2D eigenvalue weighted by Gasteiger charge is -2.47. The highest BCUT2D eigenvalue weighted by Gasteiger charge is 2.44. The van der Waals surface area contributed by atoms with Crippen molar-refractivity contribution in [2.45, 2.75) is 37.7 Å². The van der Waals surface area contributed by atoms with Crippen molar-refractivity contribution in [3.05, 3.63) is 5.82 Å². The van der Waals surface area contributed by atoms with Crippen LogP contribution in [0.2, 0.25) is 0 Å². The zero-order valence-electron chi connectivity index (χ0n) is 10.2. The maximum absolute atomic E-state index is 12.1. The van der Waals surface area contributed by atoms with Crippen molar-refractivity contribution in [3.8, 4) is 0 Å². The number of aromatic nitrogens is 4. The third-order valence-corrected chi connectivity index (χ3v) is 4.25. The number of aromatic amines is 1. The number of nitrogens with one attached hydrogen (secondary N) is 1. The molecule has 2 heterocycles. The highest BCUT2D eigenvalue weighted by Crippen LogP contribution is 2.39. The van der Waals surface area contributed by atoms with Gasteiger partial charge in [-0.25, -0.2) is 0 Å². The monoisotopic (exact) mass is 251 g/mol. The second-order valence-electron chi connectivity index (χ2n) is 5.28. The van der Waals surface area contributed by atoms with Gasteiger partial charge in [0.2, 0.25) is 0 Å². The first-order chi connectivity index (χ1) is 8.69. The van der Waals surface area contributed by atoms with Crippen molar-refractivity contribution in [2.75, 3.05) is 13.1 Å². The fraction of sp³-hybridized carbons (Fsp3) is 0.818. The van der Waals surface area contributed by atoms with Crippen LogP contribution in [0.1, 0.15) is 42.7 Å². The summed E-state index contributed by atoms with van der Waals surface area (Å²) in [5.41, 5.74) is -0.563. The summed E-state index contributed by atoms with van der Waals surface area (Å²) in [6.45, 7) is 1.17. The van der Waals surface area contributed by atoms with Crippen LogP contribution in [0.15, 0.2) is 0 Å². The summed E-state index contributed by atoms with van der Waals surface area (Å²) in [5.74, 6) is 0.100. The average molecular weight is 251 g/mol. The molecule has 1 aliphatic heterocycles. The number of carbonyl (C=O) groups excluding carboxylic acids is 1. The third-order valence-electron chi connectivity index (χ3n) is 4.25. The van der Waals surface area contributed by atoms with E-state index in [4.69, 9.17) is 0 Å². The Labute approximate surface area is 105 Å².